The molecule has 1 aliphatic carbocycles. The SMILES string of the molecule is CC(C)c1cc(N2CCC(Cn3nc4c(cc3=O)CCC4)CC2)n2ncnc2n1. The molecular weight excluding hydrogens is 366 g/mol. The van der Waals surface area contributed by atoms with Crippen LogP contribution in [0.2, 0.25) is 0 Å². The fourth-order valence-corrected chi connectivity index (χ4v) is 4.49. The molecular formula is C21H27N7O. The van der Waals surface area contributed by atoms with Crippen LogP contribution < -0.4 is 10.5 Å². The molecule has 8 heteroatoms. The molecule has 0 radical (unpaired) electrons. The molecule has 0 saturated carbocycles. The first kappa shape index (κ1) is 18.3. The number of aromatic nitrogens is 6. The summed E-state index contributed by atoms with van der Waals surface area (Å²) in [7, 11) is 0. The zero-order valence-corrected chi connectivity index (χ0v) is 17.1. The normalized spacial score (nSPS) is 17.4. The van der Waals surface area contributed by atoms with Gasteiger partial charge in [-0.3, -0.25) is 4.79 Å². The minimum Gasteiger partial charge on any atom is -0.356 e. The monoisotopic (exact) mass is 393 g/mol. The summed E-state index contributed by atoms with van der Waals surface area (Å²) in [5.74, 6) is 2.52. The highest BCUT2D eigenvalue weighted by Gasteiger charge is 2.24. The van der Waals surface area contributed by atoms with Gasteiger partial charge in [0.05, 0.1) is 11.4 Å². The van der Waals surface area contributed by atoms with Crippen LogP contribution in [0, 0.1) is 5.92 Å². The van der Waals surface area contributed by atoms with Crippen molar-refractivity contribution in [1.82, 2.24) is 29.4 Å². The maximum Gasteiger partial charge on any atom is 0.267 e. The molecule has 1 saturated heterocycles. The van der Waals surface area contributed by atoms with Crippen molar-refractivity contribution in [3.05, 3.63) is 45.8 Å². The predicted octanol–water partition coefficient (Wildman–Crippen LogP) is 2.21. The van der Waals surface area contributed by atoms with Gasteiger partial charge >= 0.3 is 0 Å². The number of aryl methyl sites for hydroxylation is 2. The van der Waals surface area contributed by atoms with Gasteiger partial charge in [-0.25, -0.2) is 9.67 Å². The summed E-state index contributed by atoms with van der Waals surface area (Å²) in [6.45, 7) is 6.87. The molecule has 0 aromatic carbocycles. The molecule has 0 N–H and O–H groups in total. The Morgan fingerprint density at radius 3 is 2.79 bits per heavy atom. The average molecular weight is 393 g/mol. The smallest absolute Gasteiger partial charge is 0.267 e. The zero-order valence-electron chi connectivity index (χ0n) is 17.1. The molecule has 1 fully saturated rings. The third-order valence-corrected chi connectivity index (χ3v) is 6.24. The van der Waals surface area contributed by atoms with Crippen LogP contribution in [0.1, 0.15) is 56.0 Å². The molecule has 5 rings (SSSR count). The predicted molar refractivity (Wildman–Crippen MR) is 110 cm³/mol. The van der Waals surface area contributed by atoms with E-state index in [9.17, 15) is 4.79 Å². The Labute approximate surface area is 169 Å². The first-order valence-electron chi connectivity index (χ1n) is 10.6. The number of piperidine rings is 1. The lowest BCUT2D eigenvalue weighted by atomic mass is 9.96. The van der Waals surface area contributed by atoms with Gasteiger partial charge in [0.2, 0.25) is 0 Å². The molecule has 1 aliphatic heterocycles. The first-order chi connectivity index (χ1) is 14.1. The summed E-state index contributed by atoms with van der Waals surface area (Å²) in [6, 6.07) is 3.94. The molecule has 8 nitrogen and oxygen atoms in total. The number of rotatable bonds is 4. The fraction of sp³-hybridized carbons (Fsp3) is 0.571. The summed E-state index contributed by atoms with van der Waals surface area (Å²) < 4.78 is 3.53. The second kappa shape index (κ2) is 7.24. The quantitative estimate of drug-likeness (QED) is 0.676. The lowest BCUT2D eigenvalue weighted by Gasteiger charge is -2.33. The van der Waals surface area contributed by atoms with E-state index in [1.54, 1.807) is 17.1 Å². The second-order valence-corrected chi connectivity index (χ2v) is 8.59. The highest BCUT2D eigenvalue weighted by atomic mass is 16.1. The van der Waals surface area contributed by atoms with Crippen LogP contribution in [0.4, 0.5) is 5.82 Å². The third kappa shape index (κ3) is 3.41. The number of fused-ring (bicyclic) bond motifs is 2. The van der Waals surface area contributed by atoms with E-state index in [1.165, 1.54) is 0 Å². The van der Waals surface area contributed by atoms with E-state index in [1.807, 2.05) is 4.52 Å². The van der Waals surface area contributed by atoms with Gasteiger partial charge < -0.3 is 4.90 Å². The van der Waals surface area contributed by atoms with Crippen LogP contribution in [0.5, 0.6) is 0 Å². The Morgan fingerprint density at radius 1 is 1.17 bits per heavy atom. The Bertz CT molecular complexity index is 1090. The molecule has 152 valence electrons. The van der Waals surface area contributed by atoms with Gasteiger partial charge in [0.25, 0.3) is 11.3 Å². The standard InChI is InChI=1S/C21H27N7O/c1-14(2)18-11-19(28-21(24-18)22-13-23-28)26-8-6-15(7-9-26)12-27-20(29)10-16-4-3-5-17(16)25-27/h10-11,13-15H,3-9,12H2,1-2H3. The lowest BCUT2D eigenvalue weighted by molar-refractivity contribution is 0.332. The van der Waals surface area contributed by atoms with Gasteiger partial charge in [0, 0.05) is 31.8 Å². The summed E-state index contributed by atoms with van der Waals surface area (Å²) >= 11 is 0. The van der Waals surface area contributed by atoms with Crippen LogP contribution in [0.15, 0.2) is 23.3 Å². The van der Waals surface area contributed by atoms with Crippen LogP contribution in [0.3, 0.4) is 0 Å². The van der Waals surface area contributed by atoms with Crippen molar-refractivity contribution in [2.75, 3.05) is 18.0 Å². The van der Waals surface area contributed by atoms with Gasteiger partial charge in [-0.15, -0.1) is 0 Å². The number of nitrogens with zero attached hydrogens (tertiary/aromatic N) is 7. The van der Waals surface area contributed by atoms with Gasteiger partial charge in [0.1, 0.15) is 12.1 Å². The van der Waals surface area contributed by atoms with Crippen molar-refractivity contribution in [2.24, 2.45) is 5.92 Å². The molecule has 4 heterocycles. The van der Waals surface area contributed by atoms with Gasteiger partial charge in [-0.2, -0.15) is 19.7 Å². The summed E-state index contributed by atoms with van der Waals surface area (Å²) in [5.41, 5.74) is 3.36. The minimum atomic E-state index is 0.0492. The lowest BCUT2D eigenvalue weighted by Crippen LogP contribution is -2.38. The second-order valence-electron chi connectivity index (χ2n) is 8.59. The highest BCUT2D eigenvalue weighted by Crippen LogP contribution is 2.26. The molecule has 2 aliphatic rings. The van der Waals surface area contributed by atoms with Crippen LogP contribution in [-0.2, 0) is 19.4 Å². The van der Waals surface area contributed by atoms with E-state index in [-0.39, 0.29) is 5.56 Å². The van der Waals surface area contributed by atoms with Crippen LogP contribution in [-0.4, -0.2) is 42.5 Å². The molecule has 0 unspecified atom stereocenters. The zero-order chi connectivity index (χ0) is 20.0. The van der Waals surface area contributed by atoms with E-state index in [0.29, 0.717) is 24.2 Å². The first-order valence-corrected chi connectivity index (χ1v) is 10.6. The van der Waals surface area contributed by atoms with Gasteiger partial charge in [-0.05, 0) is 49.5 Å². The van der Waals surface area contributed by atoms with Crippen molar-refractivity contribution in [1.29, 1.82) is 0 Å². The highest BCUT2D eigenvalue weighted by molar-refractivity contribution is 5.48. The molecule has 3 aromatic heterocycles. The van der Waals surface area contributed by atoms with Crippen molar-refractivity contribution in [3.8, 4) is 0 Å². The Kier molecular flexibility index (Phi) is 4.56. The van der Waals surface area contributed by atoms with Gasteiger partial charge in [-0.1, -0.05) is 13.8 Å². The van der Waals surface area contributed by atoms with Crippen molar-refractivity contribution >= 4 is 11.6 Å². The van der Waals surface area contributed by atoms with Crippen molar-refractivity contribution in [2.45, 2.75) is 58.4 Å². The van der Waals surface area contributed by atoms with Gasteiger partial charge in [0.15, 0.2) is 0 Å². The Morgan fingerprint density at radius 2 is 2.00 bits per heavy atom. The van der Waals surface area contributed by atoms with Crippen molar-refractivity contribution < 1.29 is 0 Å². The average Bonchev–Trinajstić information content (AvgIpc) is 3.37. The largest absolute Gasteiger partial charge is 0.356 e. The molecule has 29 heavy (non-hydrogen) atoms. The summed E-state index contributed by atoms with van der Waals surface area (Å²) in [6.07, 6.45) is 6.74. The summed E-state index contributed by atoms with van der Waals surface area (Å²) in [4.78, 5) is 23.7. The maximum absolute atomic E-state index is 12.4. The van der Waals surface area contributed by atoms with E-state index < -0.39 is 0 Å². The fourth-order valence-electron chi connectivity index (χ4n) is 4.49. The minimum absolute atomic E-state index is 0.0492. The molecule has 0 spiro atoms. The summed E-state index contributed by atoms with van der Waals surface area (Å²) in [5, 5.41) is 9.02. The number of hydrogen-bond donors (Lipinski definition) is 0. The molecule has 3 aromatic rings. The molecule has 0 amide bonds. The van der Waals surface area contributed by atoms with E-state index in [0.717, 1.165) is 68.0 Å². The Balaban J connectivity index is 1.32. The Hall–Kier alpha value is -2.77. The third-order valence-electron chi connectivity index (χ3n) is 6.24. The van der Waals surface area contributed by atoms with E-state index >= 15 is 0 Å². The molecule has 0 atom stereocenters. The number of hydrogen-bond acceptors (Lipinski definition) is 6. The molecule has 0 bridgehead atoms. The topological polar surface area (TPSA) is 81.2 Å². The van der Waals surface area contributed by atoms with Crippen molar-refractivity contribution in [3.63, 3.8) is 0 Å². The van der Waals surface area contributed by atoms with E-state index in [2.05, 4.69) is 45.0 Å². The maximum atomic E-state index is 12.4. The van der Waals surface area contributed by atoms with Crippen LogP contribution in [0.25, 0.3) is 5.78 Å². The van der Waals surface area contributed by atoms with Crippen LogP contribution >= 0.6 is 0 Å². The number of anilines is 1. The van der Waals surface area contributed by atoms with E-state index in [4.69, 9.17) is 0 Å².